The molecule has 1 aliphatic rings. The Balaban J connectivity index is 1.98. The van der Waals surface area contributed by atoms with Gasteiger partial charge in [0.2, 0.25) is 0 Å². The smallest absolute Gasteiger partial charge is 0.305 e. The molecule has 0 bridgehead atoms. The van der Waals surface area contributed by atoms with Gasteiger partial charge in [0, 0.05) is 25.8 Å². The first-order valence-corrected chi connectivity index (χ1v) is 8.02. The molecule has 1 saturated heterocycles. The number of nitrogens with zero attached hydrogens (tertiary/aromatic N) is 1. The van der Waals surface area contributed by atoms with Gasteiger partial charge in [0.1, 0.15) is 11.6 Å². The van der Waals surface area contributed by atoms with Crippen molar-refractivity contribution < 1.29 is 28.6 Å². The molecule has 0 spiro atoms. The van der Waals surface area contributed by atoms with Gasteiger partial charge >= 0.3 is 5.97 Å². The molecule has 132 valence electrons. The van der Waals surface area contributed by atoms with Gasteiger partial charge in [-0.05, 0) is 31.0 Å². The van der Waals surface area contributed by atoms with Gasteiger partial charge in [0.15, 0.2) is 6.61 Å². The Morgan fingerprint density at radius 3 is 2.71 bits per heavy atom. The Morgan fingerprint density at radius 2 is 2.08 bits per heavy atom. The quantitative estimate of drug-likeness (QED) is 0.808. The van der Waals surface area contributed by atoms with Crippen LogP contribution in [0.15, 0.2) is 18.2 Å². The van der Waals surface area contributed by atoms with Crippen LogP contribution in [0, 0.1) is 5.82 Å². The van der Waals surface area contributed by atoms with Crippen LogP contribution in [-0.4, -0.2) is 54.3 Å². The molecule has 0 atom stereocenters. The van der Waals surface area contributed by atoms with E-state index in [1.54, 1.807) is 0 Å². The van der Waals surface area contributed by atoms with E-state index in [2.05, 4.69) is 0 Å². The molecule has 0 radical (unpaired) electrons. The molecule has 1 aromatic carbocycles. The largest absolute Gasteiger partial charge is 0.482 e. The third-order valence-corrected chi connectivity index (χ3v) is 4.06. The highest BCUT2D eigenvalue weighted by atomic mass is 35.5. The second kappa shape index (κ2) is 8.84. The summed E-state index contributed by atoms with van der Waals surface area (Å²) < 4.78 is 23.6. The minimum absolute atomic E-state index is 0.0714. The maximum absolute atomic E-state index is 13.0. The maximum atomic E-state index is 13.0. The molecule has 1 amide bonds. The van der Waals surface area contributed by atoms with Crippen molar-refractivity contribution in [1.82, 2.24) is 4.90 Å². The van der Waals surface area contributed by atoms with Crippen LogP contribution >= 0.6 is 11.6 Å². The Morgan fingerprint density at radius 1 is 1.38 bits per heavy atom. The van der Waals surface area contributed by atoms with Crippen LogP contribution in [0.5, 0.6) is 5.75 Å². The van der Waals surface area contributed by atoms with Crippen LogP contribution in [0.25, 0.3) is 0 Å². The van der Waals surface area contributed by atoms with Gasteiger partial charge in [0.25, 0.3) is 5.91 Å². The third-order valence-electron chi connectivity index (χ3n) is 3.76. The van der Waals surface area contributed by atoms with Crippen molar-refractivity contribution in [3.05, 3.63) is 29.0 Å². The highest BCUT2D eigenvalue weighted by Crippen LogP contribution is 2.25. The zero-order valence-electron chi connectivity index (χ0n) is 13.0. The summed E-state index contributed by atoms with van der Waals surface area (Å²) in [7, 11) is 0. The number of carbonyl (C=O) groups is 2. The van der Waals surface area contributed by atoms with E-state index in [1.165, 1.54) is 17.0 Å². The van der Waals surface area contributed by atoms with E-state index in [9.17, 15) is 14.0 Å². The zero-order valence-corrected chi connectivity index (χ0v) is 13.8. The molecule has 0 unspecified atom stereocenters. The van der Waals surface area contributed by atoms with Crippen molar-refractivity contribution in [2.45, 2.75) is 25.3 Å². The lowest BCUT2D eigenvalue weighted by Gasteiger charge is -2.34. The summed E-state index contributed by atoms with van der Waals surface area (Å²) in [6.07, 6.45) is 1.17. The predicted molar refractivity (Wildman–Crippen MR) is 84.7 cm³/mol. The van der Waals surface area contributed by atoms with E-state index < -0.39 is 11.8 Å². The number of hydrogen-bond donors (Lipinski definition) is 1. The molecule has 6 nitrogen and oxygen atoms in total. The first kappa shape index (κ1) is 18.5. The van der Waals surface area contributed by atoms with E-state index >= 15 is 0 Å². The van der Waals surface area contributed by atoms with Gasteiger partial charge in [0.05, 0.1) is 11.4 Å². The normalized spacial score (nSPS) is 15.1. The molecule has 1 aliphatic heterocycles. The van der Waals surface area contributed by atoms with Crippen molar-refractivity contribution in [3.8, 4) is 5.75 Å². The highest BCUT2D eigenvalue weighted by Gasteiger charge is 2.26. The zero-order chi connectivity index (χ0) is 17.5. The Hall–Kier alpha value is -1.86. The summed E-state index contributed by atoms with van der Waals surface area (Å²) in [5.41, 5.74) is 0. The van der Waals surface area contributed by atoms with Crippen LogP contribution in [-0.2, 0) is 14.3 Å². The Kier molecular flexibility index (Phi) is 6.81. The van der Waals surface area contributed by atoms with Crippen LogP contribution < -0.4 is 4.74 Å². The van der Waals surface area contributed by atoms with E-state index in [-0.39, 0.29) is 42.3 Å². The Labute approximate surface area is 144 Å². The monoisotopic (exact) mass is 359 g/mol. The highest BCUT2D eigenvalue weighted by molar-refractivity contribution is 6.32. The van der Waals surface area contributed by atoms with Gasteiger partial charge in [-0.3, -0.25) is 9.59 Å². The van der Waals surface area contributed by atoms with Crippen molar-refractivity contribution in [1.29, 1.82) is 0 Å². The molecule has 1 fully saturated rings. The molecule has 8 heteroatoms. The number of ether oxygens (including phenoxy) is 2. The fraction of sp³-hybridized carbons (Fsp3) is 0.500. The van der Waals surface area contributed by atoms with Gasteiger partial charge < -0.3 is 19.5 Å². The molecule has 24 heavy (non-hydrogen) atoms. The van der Waals surface area contributed by atoms with Crippen molar-refractivity contribution in [2.75, 3.05) is 26.4 Å². The lowest BCUT2D eigenvalue weighted by Crippen LogP contribution is -2.46. The number of benzene rings is 1. The lowest BCUT2D eigenvalue weighted by molar-refractivity contribution is -0.141. The number of carbonyl (C=O) groups excluding carboxylic acids is 1. The van der Waals surface area contributed by atoms with Crippen molar-refractivity contribution in [3.63, 3.8) is 0 Å². The van der Waals surface area contributed by atoms with E-state index in [4.69, 9.17) is 26.2 Å². The summed E-state index contributed by atoms with van der Waals surface area (Å²) in [6, 6.07) is 3.56. The SMILES string of the molecule is O=C(O)CCN(C(=O)COc1ccc(F)cc1Cl)C1CCOCC1. The summed E-state index contributed by atoms with van der Waals surface area (Å²) in [6.45, 7) is 0.889. The summed E-state index contributed by atoms with van der Waals surface area (Å²) in [5.74, 6) is -1.59. The second-order valence-electron chi connectivity index (χ2n) is 5.44. The molecule has 2 rings (SSSR count). The number of carboxylic acids is 1. The van der Waals surface area contributed by atoms with E-state index in [1.807, 2.05) is 0 Å². The van der Waals surface area contributed by atoms with E-state index in [0.29, 0.717) is 26.1 Å². The molecule has 0 aromatic heterocycles. The van der Waals surface area contributed by atoms with Crippen LogP contribution in [0.3, 0.4) is 0 Å². The Bertz CT molecular complexity index is 592. The molecule has 0 aliphatic carbocycles. The number of rotatable bonds is 7. The third kappa shape index (κ3) is 5.35. The lowest BCUT2D eigenvalue weighted by atomic mass is 10.1. The van der Waals surface area contributed by atoms with Gasteiger partial charge in [-0.1, -0.05) is 11.6 Å². The first-order valence-electron chi connectivity index (χ1n) is 7.64. The topological polar surface area (TPSA) is 76.1 Å². The average Bonchev–Trinajstić information content (AvgIpc) is 2.55. The molecular formula is C16H19ClFNO5. The van der Waals surface area contributed by atoms with Crippen LogP contribution in [0.1, 0.15) is 19.3 Å². The second-order valence-corrected chi connectivity index (χ2v) is 5.85. The number of halogens is 2. The fourth-order valence-electron chi connectivity index (χ4n) is 2.54. The maximum Gasteiger partial charge on any atom is 0.305 e. The van der Waals surface area contributed by atoms with Crippen molar-refractivity contribution >= 4 is 23.5 Å². The number of aliphatic carboxylic acids is 1. The molecule has 0 saturated carbocycles. The number of amides is 1. The number of carboxylic acid groups (broad SMARTS) is 1. The predicted octanol–water partition coefficient (Wildman–Crippen LogP) is 2.34. The fourth-order valence-corrected chi connectivity index (χ4v) is 2.76. The summed E-state index contributed by atoms with van der Waals surface area (Å²) >= 11 is 5.86. The van der Waals surface area contributed by atoms with Crippen LogP contribution in [0.4, 0.5) is 4.39 Å². The minimum Gasteiger partial charge on any atom is -0.482 e. The van der Waals surface area contributed by atoms with Gasteiger partial charge in [-0.2, -0.15) is 0 Å². The summed E-state index contributed by atoms with van der Waals surface area (Å²) in [4.78, 5) is 24.8. The van der Waals surface area contributed by atoms with Gasteiger partial charge in [-0.25, -0.2) is 4.39 Å². The first-order chi connectivity index (χ1) is 11.5. The van der Waals surface area contributed by atoms with Crippen molar-refractivity contribution in [2.24, 2.45) is 0 Å². The van der Waals surface area contributed by atoms with E-state index in [0.717, 1.165) is 6.07 Å². The molecule has 1 N–H and O–H groups in total. The minimum atomic E-state index is -0.970. The molecule has 1 aromatic rings. The molecular weight excluding hydrogens is 341 g/mol. The molecule has 1 heterocycles. The number of hydrogen-bond acceptors (Lipinski definition) is 4. The van der Waals surface area contributed by atoms with Crippen LogP contribution in [0.2, 0.25) is 5.02 Å². The van der Waals surface area contributed by atoms with Gasteiger partial charge in [-0.15, -0.1) is 0 Å². The summed E-state index contributed by atoms with van der Waals surface area (Å²) in [5, 5.41) is 8.94. The average molecular weight is 360 g/mol. The standard InChI is InChI=1S/C16H19ClFNO5/c17-13-9-11(18)1-2-14(13)24-10-15(20)19(6-3-16(21)22)12-4-7-23-8-5-12/h1-2,9,12H,3-8,10H2,(H,21,22).